The first-order valence-corrected chi connectivity index (χ1v) is 8.43. The number of nitrogens with zero attached hydrogens (tertiary/aromatic N) is 2. The number of amides is 1. The largest absolute Gasteiger partial charge is 0.496 e. The number of benzene rings is 1. The summed E-state index contributed by atoms with van der Waals surface area (Å²) in [5, 5.41) is 5.93. The fraction of sp³-hybridized carbons (Fsp3) is 0.412. The zero-order valence-electron chi connectivity index (χ0n) is 13.8. The van der Waals surface area contributed by atoms with Crippen molar-refractivity contribution in [1.82, 2.24) is 15.2 Å². The third-order valence-corrected chi connectivity index (χ3v) is 4.18. The molecule has 124 valence electrons. The van der Waals surface area contributed by atoms with Gasteiger partial charge in [0.15, 0.2) is 0 Å². The number of rotatable bonds is 8. The Morgan fingerprint density at radius 2 is 2.13 bits per heavy atom. The topological polar surface area (TPSA) is 54.5 Å². The molecule has 0 bridgehead atoms. The van der Waals surface area contributed by atoms with Gasteiger partial charge in [0.2, 0.25) is 5.91 Å². The number of nitrogens with one attached hydrogen (secondary N) is 1. The molecule has 1 aromatic carbocycles. The van der Waals surface area contributed by atoms with Crippen molar-refractivity contribution in [2.24, 2.45) is 0 Å². The minimum Gasteiger partial charge on any atom is -0.496 e. The predicted octanol–water partition coefficient (Wildman–Crippen LogP) is 2.11. The highest BCUT2D eigenvalue weighted by molar-refractivity contribution is 7.09. The van der Waals surface area contributed by atoms with Crippen molar-refractivity contribution in [3.05, 3.63) is 45.9 Å². The number of carbonyl (C=O) groups excluding carboxylic acids is 1. The van der Waals surface area contributed by atoms with Crippen LogP contribution in [0.4, 0.5) is 0 Å². The van der Waals surface area contributed by atoms with Gasteiger partial charge in [0.25, 0.3) is 0 Å². The van der Waals surface area contributed by atoms with Crippen LogP contribution in [0.5, 0.6) is 5.75 Å². The van der Waals surface area contributed by atoms with Gasteiger partial charge in [-0.2, -0.15) is 0 Å². The van der Waals surface area contributed by atoms with Crippen LogP contribution in [-0.2, 0) is 24.2 Å². The highest BCUT2D eigenvalue weighted by atomic mass is 32.1. The van der Waals surface area contributed by atoms with E-state index in [1.165, 1.54) is 0 Å². The van der Waals surface area contributed by atoms with Crippen LogP contribution in [0, 0.1) is 0 Å². The molecule has 0 radical (unpaired) electrons. The molecule has 0 aliphatic carbocycles. The molecule has 1 heterocycles. The third kappa shape index (κ3) is 5.65. The molecule has 6 heteroatoms. The molecule has 5 nitrogen and oxygen atoms in total. The number of hydrogen-bond donors (Lipinski definition) is 1. The van der Waals surface area contributed by atoms with E-state index in [-0.39, 0.29) is 5.91 Å². The molecule has 2 aromatic rings. The monoisotopic (exact) mass is 333 g/mol. The predicted molar refractivity (Wildman–Crippen MR) is 92.9 cm³/mol. The molecule has 23 heavy (non-hydrogen) atoms. The number of para-hydroxylation sites is 1. The summed E-state index contributed by atoms with van der Waals surface area (Å²) in [6.45, 7) is 1.40. The summed E-state index contributed by atoms with van der Waals surface area (Å²) in [5.41, 5.74) is 1.93. The van der Waals surface area contributed by atoms with Crippen molar-refractivity contribution >= 4 is 17.2 Å². The van der Waals surface area contributed by atoms with Gasteiger partial charge in [-0.05, 0) is 32.1 Å². The lowest BCUT2D eigenvalue weighted by Crippen LogP contribution is -2.27. The maximum atomic E-state index is 12.0. The molecule has 0 saturated carbocycles. The van der Waals surface area contributed by atoms with Gasteiger partial charge in [-0.3, -0.25) is 4.79 Å². The molecular formula is C17H23N3O2S. The summed E-state index contributed by atoms with van der Waals surface area (Å²) < 4.78 is 5.31. The first kappa shape index (κ1) is 17.4. The number of hydrogen-bond acceptors (Lipinski definition) is 5. The average Bonchev–Trinajstić information content (AvgIpc) is 2.93. The average molecular weight is 333 g/mol. The smallest absolute Gasteiger partial charge is 0.226 e. The molecule has 0 aliphatic rings. The van der Waals surface area contributed by atoms with E-state index in [0.29, 0.717) is 13.0 Å². The van der Waals surface area contributed by atoms with Gasteiger partial charge in [0.05, 0.1) is 19.2 Å². The summed E-state index contributed by atoms with van der Waals surface area (Å²) in [6, 6.07) is 7.85. The molecule has 1 N–H and O–H groups in total. The first-order valence-electron chi connectivity index (χ1n) is 7.55. The van der Waals surface area contributed by atoms with Crippen molar-refractivity contribution in [3.8, 4) is 5.75 Å². The first-order chi connectivity index (χ1) is 11.1. The van der Waals surface area contributed by atoms with E-state index in [1.54, 1.807) is 18.4 Å². The molecule has 0 fully saturated rings. The Morgan fingerprint density at radius 1 is 1.35 bits per heavy atom. The van der Waals surface area contributed by atoms with E-state index in [9.17, 15) is 4.79 Å². The second-order valence-electron chi connectivity index (χ2n) is 5.56. The van der Waals surface area contributed by atoms with Gasteiger partial charge in [-0.15, -0.1) is 11.3 Å². The number of carbonyl (C=O) groups is 1. The van der Waals surface area contributed by atoms with E-state index in [4.69, 9.17) is 4.74 Å². The Morgan fingerprint density at radius 3 is 2.87 bits per heavy atom. The van der Waals surface area contributed by atoms with Crippen LogP contribution in [0.25, 0.3) is 0 Å². The maximum Gasteiger partial charge on any atom is 0.226 e. The van der Waals surface area contributed by atoms with Crippen LogP contribution in [-0.4, -0.2) is 43.5 Å². The van der Waals surface area contributed by atoms with Crippen molar-refractivity contribution in [2.75, 3.05) is 27.7 Å². The SMILES string of the molecule is COc1ccccc1CCNC(=O)Cc1csc(CN(C)C)n1. The van der Waals surface area contributed by atoms with Gasteiger partial charge < -0.3 is 15.0 Å². The Balaban J connectivity index is 1.78. The van der Waals surface area contributed by atoms with Crippen LogP contribution in [0.1, 0.15) is 16.3 Å². The quantitative estimate of drug-likeness (QED) is 0.804. The Labute approximate surface area is 141 Å². The van der Waals surface area contributed by atoms with E-state index in [2.05, 4.69) is 15.2 Å². The highest BCUT2D eigenvalue weighted by Gasteiger charge is 2.09. The van der Waals surface area contributed by atoms with Gasteiger partial charge in [0, 0.05) is 18.5 Å². The molecular weight excluding hydrogens is 310 g/mol. The minimum absolute atomic E-state index is 0.00148. The van der Waals surface area contributed by atoms with Crippen LogP contribution in [0.3, 0.4) is 0 Å². The summed E-state index contributed by atoms with van der Waals surface area (Å²) >= 11 is 1.60. The van der Waals surface area contributed by atoms with Crippen LogP contribution >= 0.6 is 11.3 Å². The van der Waals surface area contributed by atoms with E-state index < -0.39 is 0 Å². The van der Waals surface area contributed by atoms with E-state index in [0.717, 1.165) is 35.0 Å². The Hall–Kier alpha value is -1.92. The summed E-state index contributed by atoms with van der Waals surface area (Å²) in [5.74, 6) is 0.858. The molecule has 0 saturated heterocycles. The van der Waals surface area contributed by atoms with Crippen molar-refractivity contribution in [2.45, 2.75) is 19.4 Å². The summed E-state index contributed by atoms with van der Waals surface area (Å²) in [4.78, 5) is 18.5. The van der Waals surface area contributed by atoms with E-state index >= 15 is 0 Å². The van der Waals surface area contributed by atoms with Gasteiger partial charge >= 0.3 is 0 Å². The molecule has 0 atom stereocenters. The number of ether oxygens (including phenoxy) is 1. The zero-order valence-corrected chi connectivity index (χ0v) is 14.7. The second kappa shape index (κ2) is 8.64. The number of methoxy groups -OCH3 is 1. The zero-order chi connectivity index (χ0) is 16.7. The molecule has 1 amide bonds. The lowest BCUT2D eigenvalue weighted by atomic mass is 10.1. The summed E-state index contributed by atoms with van der Waals surface area (Å²) in [6.07, 6.45) is 1.08. The van der Waals surface area contributed by atoms with Gasteiger partial charge in [-0.1, -0.05) is 18.2 Å². The van der Waals surface area contributed by atoms with Crippen LogP contribution < -0.4 is 10.1 Å². The number of aromatic nitrogens is 1. The van der Waals surface area contributed by atoms with Gasteiger partial charge in [0.1, 0.15) is 10.8 Å². The standard InChI is InChI=1S/C17H23N3O2S/c1-20(2)11-17-19-14(12-23-17)10-16(21)18-9-8-13-6-4-5-7-15(13)22-3/h4-7,12H,8-11H2,1-3H3,(H,18,21). The lowest BCUT2D eigenvalue weighted by Gasteiger charge is -2.08. The molecule has 0 unspecified atom stereocenters. The van der Waals surface area contributed by atoms with Crippen molar-refractivity contribution in [3.63, 3.8) is 0 Å². The third-order valence-electron chi connectivity index (χ3n) is 3.30. The lowest BCUT2D eigenvalue weighted by molar-refractivity contribution is -0.120. The fourth-order valence-electron chi connectivity index (χ4n) is 2.25. The molecule has 0 aliphatic heterocycles. The normalized spacial score (nSPS) is 10.8. The summed E-state index contributed by atoms with van der Waals surface area (Å²) in [7, 11) is 5.67. The minimum atomic E-state index is 0.00148. The maximum absolute atomic E-state index is 12.0. The fourth-order valence-corrected chi connectivity index (χ4v) is 3.16. The number of thiazole rings is 1. The van der Waals surface area contributed by atoms with Crippen molar-refractivity contribution in [1.29, 1.82) is 0 Å². The van der Waals surface area contributed by atoms with Crippen LogP contribution in [0.2, 0.25) is 0 Å². The van der Waals surface area contributed by atoms with Crippen molar-refractivity contribution < 1.29 is 9.53 Å². The van der Waals surface area contributed by atoms with E-state index in [1.807, 2.05) is 43.7 Å². The van der Waals surface area contributed by atoms with Gasteiger partial charge in [-0.25, -0.2) is 4.98 Å². The molecule has 0 spiro atoms. The Bertz CT molecular complexity index is 640. The molecule has 1 aromatic heterocycles. The highest BCUT2D eigenvalue weighted by Crippen LogP contribution is 2.17. The van der Waals surface area contributed by atoms with Crippen LogP contribution in [0.15, 0.2) is 29.6 Å². The molecule has 2 rings (SSSR count). The Kier molecular flexibility index (Phi) is 6.55. The second-order valence-corrected chi connectivity index (χ2v) is 6.50.